The Morgan fingerprint density at radius 3 is 2.19 bits per heavy atom. The van der Waals surface area contributed by atoms with E-state index in [0.29, 0.717) is 0 Å². The van der Waals surface area contributed by atoms with Gasteiger partial charge in [-0.2, -0.15) is 0 Å². The van der Waals surface area contributed by atoms with Crippen LogP contribution in [0.4, 0.5) is 0 Å². The molecular formula is C8H8BrCl2NO4. The predicted octanol–water partition coefficient (Wildman–Crippen LogP) is 1.81. The van der Waals surface area contributed by atoms with Crippen LogP contribution in [0.15, 0.2) is 15.2 Å². The van der Waals surface area contributed by atoms with Crippen LogP contribution in [0.2, 0.25) is 0 Å². The van der Waals surface area contributed by atoms with Gasteiger partial charge in [-0.05, 0) is 0 Å². The second kappa shape index (κ2) is 7.65. The summed E-state index contributed by atoms with van der Waals surface area (Å²) in [4.78, 5) is 27.2. The summed E-state index contributed by atoms with van der Waals surface area (Å²) in [6.45, 7) is 0. The fraction of sp³-hybridized carbons (Fsp3) is 0.375. The minimum Gasteiger partial charge on any atom is -0.464 e. The summed E-state index contributed by atoms with van der Waals surface area (Å²) in [7, 11) is 2.34. The van der Waals surface area contributed by atoms with Crippen molar-refractivity contribution in [2.75, 3.05) is 19.5 Å². The average molecular weight is 333 g/mol. The van der Waals surface area contributed by atoms with Gasteiger partial charge in [0.2, 0.25) is 5.71 Å². The van der Waals surface area contributed by atoms with Crippen molar-refractivity contribution in [2.24, 2.45) is 5.16 Å². The molecule has 0 heterocycles. The molecule has 0 radical (unpaired) electrons. The normalized spacial score (nSPS) is 10.7. The van der Waals surface area contributed by atoms with Crippen LogP contribution in [-0.4, -0.2) is 37.0 Å². The molecule has 0 aromatic carbocycles. The van der Waals surface area contributed by atoms with Gasteiger partial charge in [-0.25, -0.2) is 4.79 Å². The molecule has 8 heteroatoms. The Bertz CT molecular complexity index is 350. The highest BCUT2D eigenvalue weighted by molar-refractivity contribution is 9.09. The van der Waals surface area contributed by atoms with E-state index in [2.05, 4.69) is 30.7 Å². The van der Waals surface area contributed by atoms with Gasteiger partial charge >= 0.3 is 5.97 Å². The molecule has 0 saturated carbocycles. The highest BCUT2D eigenvalue weighted by Gasteiger charge is 2.26. The van der Waals surface area contributed by atoms with E-state index in [1.807, 2.05) is 0 Å². The molecule has 0 bridgehead atoms. The number of halogens is 3. The molecule has 0 spiro atoms. The number of carbonyl (C=O) groups is 2. The van der Waals surface area contributed by atoms with E-state index in [9.17, 15) is 9.59 Å². The summed E-state index contributed by atoms with van der Waals surface area (Å²) in [5, 5.41) is 3.29. The molecule has 0 atom stereocenters. The molecular weight excluding hydrogens is 325 g/mol. The summed E-state index contributed by atoms with van der Waals surface area (Å²) in [5.74, 6) is -1.38. The van der Waals surface area contributed by atoms with Crippen LogP contribution < -0.4 is 0 Å². The predicted molar refractivity (Wildman–Crippen MR) is 64.0 cm³/mol. The number of rotatable bonds is 5. The molecule has 0 fully saturated rings. The largest absolute Gasteiger partial charge is 0.464 e. The fourth-order valence-electron chi connectivity index (χ4n) is 0.767. The second-order valence-corrected chi connectivity index (χ2v) is 3.82. The lowest BCUT2D eigenvalue weighted by Crippen LogP contribution is -2.24. The van der Waals surface area contributed by atoms with Gasteiger partial charge in [-0.3, -0.25) is 4.79 Å². The highest BCUT2D eigenvalue weighted by atomic mass is 79.9. The first-order valence-corrected chi connectivity index (χ1v) is 5.71. The van der Waals surface area contributed by atoms with Crippen molar-refractivity contribution in [2.45, 2.75) is 0 Å². The number of methoxy groups -OCH3 is 1. The van der Waals surface area contributed by atoms with Gasteiger partial charge in [-0.15, -0.1) is 0 Å². The topological polar surface area (TPSA) is 65.0 Å². The maximum Gasteiger partial charge on any atom is 0.360 e. The quantitative estimate of drug-likeness (QED) is 0.253. The first-order valence-electron chi connectivity index (χ1n) is 3.83. The van der Waals surface area contributed by atoms with Crippen LogP contribution in [-0.2, 0) is 19.2 Å². The summed E-state index contributed by atoms with van der Waals surface area (Å²) in [6.07, 6.45) is 0. The van der Waals surface area contributed by atoms with E-state index >= 15 is 0 Å². The zero-order valence-corrected chi connectivity index (χ0v) is 11.5. The van der Waals surface area contributed by atoms with Crippen LogP contribution in [0.5, 0.6) is 0 Å². The molecule has 5 nitrogen and oxygen atoms in total. The van der Waals surface area contributed by atoms with Gasteiger partial charge in [-0.1, -0.05) is 44.3 Å². The third-order valence-corrected chi connectivity index (χ3v) is 2.27. The van der Waals surface area contributed by atoms with Crippen molar-refractivity contribution in [3.63, 3.8) is 0 Å². The molecule has 0 aliphatic heterocycles. The van der Waals surface area contributed by atoms with Gasteiger partial charge in [0, 0.05) is 0 Å². The number of nitrogens with zero attached hydrogens (tertiary/aromatic N) is 1. The summed E-state index contributed by atoms with van der Waals surface area (Å²) < 4.78 is 4.04. The highest BCUT2D eigenvalue weighted by Crippen LogP contribution is 2.18. The van der Waals surface area contributed by atoms with Crippen LogP contribution in [0.3, 0.4) is 0 Å². The first kappa shape index (κ1) is 15.4. The zero-order valence-electron chi connectivity index (χ0n) is 8.42. The first-order chi connectivity index (χ1) is 7.49. The van der Waals surface area contributed by atoms with Crippen LogP contribution in [0, 0.1) is 0 Å². The molecule has 0 aromatic heterocycles. The van der Waals surface area contributed by atoms with Crippen molar-refractivity contribution >= 4 is 56.6 Å². The number of oxime groups is 1. The van der Waals surface area contributed by atoms with Gasteiger partial charge in [0.15, 0.2) is 5.78 Å². The average Bonchev–Trinajstić information content (AvgIpc) is 2.26. The molecule has 16 heavy (non-hydrogen) atoms. The molecule has 0 aromatic rings. The lowest BCUT2D eigenvalue weighted by Gasteiger charge is -2.06. The van der Waals surface area contributed by atoms with Gasteiger partial charge in [0.05, 0.1) is 18.0 Å². The third-order valence-electron chi connectivity index (χ3n) is 1.39. The van der Waals surface area contributed by atoms with E-state index in [-0.39, 0.29) is 21.1 Å². The summed E-state index contributed by atoms with van der Waals surface area (Å²) >= 11 is 13.9. The van der Waals surface area contributed by atoms with Crippen molar-refractivity contribution in [3.05, 3.63) is 10.1 Å². The fourth-order valence-corrected chi connectivity index (χ4v) is 1.44. The van der Waals surface area contributed by atoms with Gasteiger partial charge in [0.25, 0.3) is 0 Å². The Morgan fingerprint density at radius 2 is 1.88 bits per heavy atom. The molecule has 0 aliphatic rings. The Morgan fingerprint density at radius 1 is 1.31 bits per heavy atom. The number of carbonyl (C=O) groups excluding carboxylic acids is 2. The van der Waals surface area contributed by atoms with Crippen LogP contribution >= 0.6 is 39.1 Å². The van der Waals surface area contributed by atoms with Crippen molar-refractivity contribution in [1.82, 2.24) is 0 Å². The number of hydrogen-bond donors (Lipinski definition) is 0. The molecule has 0 saturated heterocycles. The van der Waals surface area contributed by atoms with Crippen molar-refractivity contribution < 1.29 is 19.2 Å². The number of Topliss-reactive ketones (excluding diaryl/α,β-unsaturated/α-hetero) is 1. The van der Waals surface area contributed by atoms with E-state index in [4.69, 9.17) is 23.2 Å². The van der Waals surface area contributed by atoms with Gasteiger partial charge < -0.3 is 9.57 Å². The van der Waals surface area contributed by atoms with Crippen molar-refractivity contribution in [3.8, 4) is 0 Å². The van der Waals surface area contributed by atoms with E-state index in [1.165, 1.54) is 7.11 Å². The number of esters is 1. The van der Waals surface area contributed by atoms with E-state index < -0.39 is 11.8 Å². The smallest absolute Gasteiger partial charge is 0.360 e. The summed E-state index contributed by atoms with van der Waals surface area (Å²) in [5.41, 5.74) is -0.636. The maximum absolute atomic E-state index is 11.5. The number of ether oxygens (including phenoxy) is 1. The molecule has 0 aliphatic carbocycles. The molecule has 90 valence electrons. The minimum atomic E-state index is -0.870. The Labute approximate surface area is 110 Å². The zero-order chi connectivity index (χ0) is 12.7. The molecule has 0 N–H and O–H groups in total. The molecule has 0 amide bonds. The van der Waals surface area contributed by atoms with Crippen LogP contribution in [0.1, 0.15) is 0 Å². The minimum absolute atomic E-state index is 0.0645. The number of hydrogen-bond acceptors (Lipinski definition) is 5. The monoisotopic (exact) mass is 331 g/mol. The molecule has 0 rings (SSSR count). The lowest BCUT2D eigenvalue weighted by molar-refractivity contribution is -0.133. The van der Waals surface area contributed by atoms with E-state index in [0.717, 1.165) is 7.11 Å². The second-order valence-electron chi connectivity index (χ2n) is 2.31. The summed E-state index contributed by atoms with van der Waals surface area (Å²) in [6, 6.07) is 0. The van der Waals surface area contributed by atoms with Crippen molar-refractivity contribution in [1.29, 1.82) is 0 Å². The Kier molecular flexibility index (Phi) is 7.36. The lowest BCUT2D eigenvalue weighted by atomic mass is 10.1. The number of alkyl halides is 1. The maximum atomic E-state index is 11.5. The molecule has 0 unspecified atom stereocenters. The Hall–Kier alpha value is -0.590. The number of ketones is 1. The van der Waals surface area contributed by atoms with Gasteiger partial charge in [0.1, 0.15) is 11.6 Å². The Balaban J connectivity index is 5.49. The third kappa shape index (κ3) is 4.11. The van der Waals surface area contributed by atoms with Crippen LogP contribution in [0.25, 0.3) is 0 Å². The standard InChI is InChI=1S/C8H8BrCl2NO4/c1-15-8(14)6(12-16-2)5(7(10)11)4(13)3-9/h3H2,1-2H3/b12-6-. The van der Waals surface area contributed by atoms with E-state index in [1.54, 1.807) is 0 Å². The SMILES string of the molecule is CO/N=C(\C(=O)OC)C(C(=O)CBr)=C(Cl)Cl.